The lowest BCUT2D eigenvalue weighted by Crippen LogP contribution is -2.41. The molecule has 1 unspecified atom stereocenters. The van der Waals surface area contributed by atoms with Gasteiger partial charge in [0.05, 0.1) is 10.8 Å². The van der Waals surface area contributed by atoms with Crippen LogP contribution in [0.3, 0.4) is 0 Å². The van der Waals surface area contributed by atoms with Gasteiger partial charge in [0.25, 0.3) is 0 Å². The molecular weight excluding hydrogens is 287 g/mol. The summed E-state index contributed by atoms with van der Waals surface area (Å²) in [5.41, 5.74) is 0. The highest BCUT2D eigenvalue weighted by Crippen LogP contribution is 2.33. The van der Waals surface area contributed by atoms with Crippen LogP contribution in [0, 0.1) is 17.8 Å². The molecule has 2 nitrogen and oxygen atoms in total. The zero-order chi connectivity index (χ0) is 14.6. The molecule has 6 heteroatoms. The Balaban J connectivity index is 1.94. The Morgan fingerprint density at radius 2 is 2.20 bits per heavy atom. The fourth-order valence-corrected chi connectivity index (χ4v) is 3.27. The summed E-state index contributed by atoms with van der Waals surface area (Å²) in [6.45, 7) is 1.14. The van der Waals surface area contributed by atoms with Crippen LogP contribution >= 0.6 is 11.3 Å². The van der Waals surface area contributed by atoms with Crippen molar-refractivity contribution < 1.29 is 18.3 Å². The molecule has 1 saturated heterocycles. The predicted octanol–water partition coefficient (Wildman–Crippen LogP) is 2.87. The summed E-state index contributed by atoms with van der Waals surface area (Å²) in [5, 5.41) is 8.62. The van der Waals surface area contributed by atoms with Crippen LogP contribution in [0.25, 0.3) is 0 Å². The lowest BCUT2D eigenvalue weighted by Gasteiger charge is -2.33. The molecule has 110 valence electrons. The highest BCUT2D eigenvalue weighted by atomic mass is 32.1. The summed E-state index contributed by atoms with van der Waals surface area (Å²) >= 11 is 1.47. The molecule has 1 aliphatic heterocycles. The normalized spacial score (nSPS) is 20.5. The van der Waals surface area contributed by atoms with Gasteiger partial charge in [-0.05, 0) is 31.5 Å². The molecule has 1 aromatic rings. The monoisotopic (exact) mass is 303 g/mol. The molecule has 20 heavy (non-hydrogen) atoms. The third-order valence-corrected chi connectivity index (χ3v) is 4.29. The van der Waals surface area contributed by atoms with E-state index in [1.165, 1.54) is 11.3 Å². The Morgan fingerprint density at radius 1 is 1.40 bits per heavy atom. The third-order valence-electron chi connectivity index (χ3n) is 3.30. The van der Waals surface area contributed by atoms with Crippen LogP contribution in [0.5, 0.6) is 0 Å². The molecule has 1 fully saturated rings. The number of hydrogen-bond donors (Lipinski definition) is 1. The number of hydrogen-bond acceptors (Lipinski definition) is 3. The number of alkyl halides is 3. The van der Waals surface area contributed by atoms with Gasteiger partial charge in [0.15, 0.2) is 0 Å². The summed E-state index contributed by atoms with van der Waals surface area (Å²) in [6, 6.07) is 3.73. The van der Waals surface area contributed by atoms with E-state index in [9.17, 15) is 13.2 Å². The fourth-order valence-electron chi connectivity index (χ4n) is 2.34. The molecule has 0 bridgehead atoms. The molecule has 2 rings (SSSR count). The second-order valence-electron chi connectivity index (χ2n) is 4.84. The van der Waals surface area contributed by atoms with E-state index in [1.54, 1.807) is 0 Å². The standard InChI is InChI=1S/C14H16F3NOS/c15-14(16,17)11-3-1-7-18(9-11)10-13-6-5-12(20-13)4-2-8-19/h5-6,11,19H,1,3,7-10H2. The highest BCUT2D eigenvalue weighted by Gasteiger charge is 2.41. The second kappa shape index (κ2) is 6.61. The van der Waals surface area contributed by atoms with Gasteiger partial charge in [-0.15, -0.1) is 11.3 Å². The molecule has 0 radical (unpaired) electrons. The summed E-state index contributed by atoms with van der Waals surface area (Å²) < 4.78 is 38.2. The summed E-state index contributed by atoms with van der Waals surface area (Å²) in [5.74, 6) is 4.16. The third kappa shape index (κ3) is 4.23. The van der Waals surface area contributed by atoms with E-state index in [4.69, 9.17) is 5.11 Å². The average molecular weight is 303 g/mol. The first kappa shape index (κ1) is 15.4. The summed E-state index contributed by atoms with van der Waals surface area (Å²) in [4.78, 5) is 3.70. The first-order chi connectivity index (χ1) is 9.49. The van der Waals surface area contributed by atoms with Crippen molar-refractivity contribution in [1.82, 2.24) is 4.90 Å². The lowest BCUT2D eigenvalue weighted by molar-refractivity contribution is -0.187. The number of halogens is 3. The van der Waals surface area contributed by atoms with Crippen LogP contribution in [0.15, 0.2) is 12.1 Å². The van der Waals surface area contributed by atoms with Gasteiger partial charge in [-0.1, -0.05) is 11.8 Å². The van der Waals surface area contributed by atoms with Crippen LogP contribution < -0.4 is 0 Å². The Hall–Kier alpha value is -1.03. The topological polar surface area (TPSA) is 23.5 Å². The molecule has 0 amide bonds. The summed E-state index contributed by atoms with van der Waals surface area (Å²) in [7, 11) is 0. The summed E-state index contributed by atoms with van der Waals surface area (Å²) in [6.07, 6.45) is -3.27. The van der Waals surface area contributed by atoms with Crippen LogP contribution in [-0.4, -0.2) is 35.9 Å². The van der Waals surface area contributed by atoms with Gasteiger partial charge in [-0.25, -0.2) is 0 Å². The van der Waals surface area contributed by atoms with Crippen molar-refractivity contribution >= 4 is 11.3 Å². The van der Waals surface area contributed by atoms with Crippen molar-refractivity contribution in [1.29, 1.82) is 0 Å². The molecule has 0 aliphatic carbocycles. The van der Waals surface area contributed by atoms with Gasteiger partial charge in [-0.3, -0.25) is 4.90 Å². The van der Waals surface area contributed by atoms with E-state index in [0.29, 0.717) is 19.5 Å². The van der Waals surface area contributed by atoms with Gasteiger partial charge < -0.3 is 5.11 Å². The Morgan fingerprint density at radius 3 is 2.90 bits per heavy atom. The number of aliphatic hydroxyl groups is 1. The molecule has 1 aliphatic rings. The lowest BCUT2D eigenvalue weighted by atomic mass is 9.97. The van der Waals surface area contributed by atoms with Crippen molar-refractivity contribution in [2.75, 3.05) is 19.7 Å². The SMILES string of the molecule is OCC#Cc1ccc(CN2CCCC(C(F)(F)F)C2)s1. The molecular formula is C14H16F3NOS. The number of thiophene rings is 1. The van der Waals surface area contributed by atoms with Crippen molar-refractivity contribution in [3.63, 3.8) is 0 Å². The van der Waals surface area contributed by atoms with Crippen molar-refractivity contribution in [2.45, 2.75) is 25.6 Å². The molecule has 0 aromatic carbocycles. The van der Waals surface area contributed by atoms with E-state index in [-0.39, 0.29) is 19.6 Å². The number of nitrogens with zero attached hydrogens (tertiary/aromatic N) is 1. The Bertz CT molecular complexity index is 500. The fraction of sp³-hybridized carbons (Fsp3) is 0.571. The number of likely N-dealkylation sites (tertiary alicyclic amines) is 1. The minimum absolute atomic E-state index is 0.0824. The van der Waals surface area contributed by atoms with E-state index >= 15 is 0 Å². The quantitative estimate of drug-likeness (QED) is 0.849. The van der Waals surface area contributed by atoms with Gasteiger partial charge in [0.2, 0.25) is 0 Å². The molecule has 1 N–H and O–H groups in total. The van der Waals surface area contributed by atoms with Gasteiger partial charge in [-0.2, -0.15) is 13.2 Å². The van der Waals surface area contributed by atoms with Gasteiger partial charge in [0, 0.05) is 18.0 Å². The second-order valence-corrected chi connectivity index (χ2v) is 6.01. The minimum Gasteiger partial charge on any atom is -0.384 e. The smallest absolute Gasteiger partial charge is 0.384 e. The Kier molecular flexibility index (Phi) is 5.08. The first-order valence-electron chi connectivity index (χ1n) is 6.46. The zero-order valence-electron chi connectivity index (χ0n) is 10.9. The molecule has 1 atom stereocenters. The molecule has 1 aromatic heterocycles. The van der Waals surface area contributed by atoms with Gasteiger partial charge in [0.1, 0.15) is 6.61 Å². The van der Waals surface area contributed by atoms with E-state index in [0.717, 1.165) is 9.75 Å². The zero-order valence-corrected chi connectivity index (χ0v) is 11.7. The van der Waals surface area contributed by atoms with Crippen LogP contribution in [0.4, 0.5) is 13.2 Å². The van der Waals surface area contributed by atoms with Crippen LogP contribution in [0.2, 0.25) is 0 Å². The number of piperidine rings is 1. The first-order valence-corrected chi connectivity index (χ1v) is 7.28. The van der Waals surface area contributed by atoms with Crippen LogP contribution in [0.1, 0.15) is 22.6 Å². The maximum Gasteiger partial charge on any atom is 0.393 e. The average Bonchev–Trinajstić information content (AvgIpc) is 2.83. The van der Waals surface area contributed by atoms with Crippen molar-refractivity contribution in [3.05, 3.63) is 21.9 Å². The van der Waals surface area contributed by atoms with E-state index < -0.39 is 12.1 Å². The molecule has 0 spiro atoms. The number of aliphatic hydroxyl groups excluding tert-OH is 1. The maximum absolute atomic E-state index is 12.7. The van der Waals surface area contributed by atoms with Crippen molar-refractivity contribution in [2.24, 2.45) is 5.92 Å². The van der Waals surface area contributed by atoms with Crippen molar-refractivity contribution in [3.8, 4) is 11.8 Å². The largest absolute Gasteiger partial charge is 0.393 e. The predicted molar refractivity (Wildman–Crippen MR) is 72.3 cm³/mol. The molecule has 2 heterocycles. The van der Waals surface area contributed by atoms with E-state index in [2.05, 4.69) is 11.8 Å². The Labute approximate surface area is 120 Å². The number of rotatable bonds is 2. The highest BCUT2D eigenvalue weighted by molar-refractivity contribution is 7.12. The minimum atomic E-state index is -4.09. The maximum atomic E-state index is 12.7. The van der Waals surface area contributed by atoms with Gasteiger partial charge >= 0.3 is 6.18 Å². The molecule has 0 saturated carbocycles. The van der Waals surface area contributed by atoms with Crippen LogP contribution in [-0.2, 0) is 6.54 Å². The van der Waals surface area contributed by atoms with E-state index in [1.807, 2.05) is 17.0 Å².